The highest BCUT2D eigenvalue weighted by molar-refractivity contribution is 6.31. The molecule has 0 aliphatic carbocycles. The van der Waals surface area contributed by atoms with Crippen LogP contribution in [0.1, 0.15) is 12.8 Å². The molecule has 0 radical (unpaired) electrons. The van der Waals surface area contributed by atoms with E-state index in [1.165, 1.54) is 0 Å². The number of carbonyl (C=O) groups excluding carboxylic acids is 1. The molecule has 1 aliphatic rings. The summed E-state index contributed by atoms with van der Waals surface area (Å²) in [4.78, 5) is 24.4. The van der Waals surface area contributed by atoms with E-state index in [-0.39, 0.29) is 6.04 Å². The minimum absolute atomic E-state index is 0.0461. The smallest absolute Gasteiger partial charge is 0.406 e. The molecule has 1 amide bonds. The maximum Gasteiger partial charge on any atom is 0.412 e. The molecule has 2 N–H and O–H groups in total. The Bertz CT molecular complexity index is 1240. The van der Waals surface area contributed by atoms with Crippen LogP contribution >= 0.6 is 11.6 Å². The molecular weight excluding hydrogens is 408 g/mol. The molecule has 3 aromatic heterocycles. The van der Waals surface area contributed by atoms with Crippen molar-refractivity contribution in [2.24, 2.45) is 7.05 Å². The fraction of sp³-hybridized carbons (Fsp3) is 0.300. The number of hydrogen-bond acceptors (Lipinski definition) is 6. The summed E-state index contributed by atoms with van der Waals surface area (Å²) < 4.78 is 12.6. The van der Waals surface area contributed by atoms with Crippen molar-refractivity contribution in [3.8, 4) is 17.1 Å². The van der Waals surface area contributed by atoms with Crippen LogP contribution in [0, 0.1) is 0 Å². The minimum atomic E-state index is -0.520. The summed E-state index contributed by atoms with van der Waals surface area (Å²) in [6, 6.07) is 5.61. The Morgan fingerprint density at radius 3 is 3.03 bits per heavy atom. The van der Waals surface area contributed by atoms with Crippen LogP contribution in [0.4, 0.5) is 4.79 Å². The van der Waals surface area contributed by atoms with Gasteiger partial charge in [-0.2, -0.15) is 5.10 Å². The molecule has 9 nitrogen and oxygen atoms in total. The van der Waals surface area contributed by atoms with Gasteiger partial charge in [-0.05, 0) is 31.0 Å². The average molecular weight is 427 g/mol. The summed E-state index contributed by atoms with van der Waals surface area (Å²) in [5.74, 6) is 0.312. The molecule has 30 heavy (non-hydrogen) atoms. The van der Waals surface area contributed by atoms with Crippen molar-refractivity contribution >= 4 is 39.8 Å². The van der Waals surface area contributed by atoms with E-state index in [1.54, 1.807) is 17.1 Å². The molecule has 1 saturated heterocycles. The van der Waals surface area contributed by atoms with Gasteiger partial charge in [-0.3, -0.25) is 4.68 Å². The first-order valence-corrected chi connectivity index (χ1v) is 9.99. The van der Waals surface area contributed by atoms with E-state index in [2.05, 4.69) is 25.4 Å². The number of ether oxygens (including phenoxy) is 2. The van der Waals surface area contributed by atoms with E-state index >= 15 is 0 Å². The number of nitrogens with zero attached hydrogens (tertiary/aromatic N) is 4. The van der Waals surface area contributed by atoms with Crippen LogP contribution in [0.25, 0.3) is 33.5 Å². The first-order chi connectivity index (χ1) is 14.6. The van der Waals surface area contributed by atoms with E-state index in [9.17, 15) is 4.79 Å². The second-order valence-electron chi connectivity index (χ2n) is 7.16. The van der Waals surface area contributed by atoms with Crippen LogP contribution in [0.15, 0.2) is 30.6 Å². The third kappa shape index (κ3) is 3.46. The number of nitrogens with one attached hydrogen (secondary N) is 2. The normalized spacial score (nSPS) is 15.0. The number of carbonyl (C=O) groups is 1. The Kier molecular flexibility index (Phi) is 4.76. The van der Waals surface area contributed by atoms with E-state index in [0.29, 0.717) is 46.5 Å². The SMILES string of the molecule is Cn1nc(-c2cnc3[nH]cc(OC(=O)NC4CCOCC4)c3n2)c2ccc(Cl)cc21. The topological polar surface area (TPSA) is 107 Å². The molecule has 154 valence electrons. The summed E-state index contributed by atoms with van der Waals surface area (Å²) in [6.45, 7) is 1.27. The van der Waals surface area contributed by atoms with Crippen molar-refractivity contribution in [3.05, 3.63) is 35.6 Å². The van der Waals surface area contributed by atoms with Gasteiger partial charge < -0.3 is 19.8 Å². The fourth-order valence-electron chi connectivity index (χ4n) is 3.62. The highest BCUT2D eigenvalue weighted by Gasteiger charge is 2.20. The van der Waals surface area contributed by atoms with Gasteiger partial charge in [-0.15, -0.1) is 0 Å². The van der Waals surface area contributed by atoms with Crippen molar-refractivity contribution < 1.29 is 14.3 Å². The maximum absolute atomic E-state index is 12.3. The zero-order valence-electron chi connectivity index (χ0n) is 16.2. The third-order valence-corrected chi connectivity index (χ3v) is 5.38. The molecule has 1 aromatic carbocycles. The third-order valence-electron chi connectivity index (χ3n) is 5.15. The molecule has 1 fully saturated rings. The lowest BCUT2D eigenvalue weighted by atomic mass is 10.1. The second kappa shape index (κ2) is 7.58. The minimum Gasteiger partial charge on any atom is -0.406 e. The van der Waals surface area contributed by atoms with Crippen molar-refractivity contribution in [3.63, 3.8) is 0 Å². The van der Waals surface area contributed by atoms with Gasteiger partial charge in [0.25, 0.3) is 0 Å². The second-order valence-corrected chi connectivity index (χ2v) is 7.60. The number of H-pyrrole nitrogens is 1. The van der Waals surface area contributed by atoms with Gasteiger partial charge >= 0.3 is 6.09 Å². The predicted octanol–water partition coefficient (Wildman–Crippen LogP) is 3.43. The van der Waals surface area contributed by atoms with Gasteiger partial charge in [-0.1, -0.05) is 11.6 Å². The first-order valence-electron chi connectivity index (χ1n) is 9.61. The molecule has 10 heteroatoms. The van der Waals surface area contributed by atoms with E-state index in [0.717, 1.165) is 23.7 Å². The number of halogens is 1. The van der Waals surface area contributed by atoms with Gasteiger partial charge in [0.15, 0.2) is 16.9 Å². The van der Waals surface area contributed by atoms with Crippen LogP contribution < -0.4 is 10.1 Å². The van der Waals surface area contributed by atoms with Gasteiger partial charge in [0, 0.05) is 42.9 Å². The summed E-state index contributed by atoms with van der Waals surface area (Å²) in [6.07, 6.45) is 4.23. The van der Waals surface area contributed by atoms with Crippen LogP contribution in [0.2, 0.25) is 5.02 Å². The Morgan fingerprint density at radius 2 is 2.20 bits per heavy atom. The molecule has 0 bridgehead atoms. The Morgan fingerprint density at radius 1 is 1.37 bits per heavy atom. The number of benzene rings is 1. The Labute approximate surface area is 176 Å². The van der Waals surface area contributed by atoms with E-state index in [4.69, 9.17) is 21.1 Å². The molecule has 0 atom stereocenters. The quantitative estimate of drug-likeness (QED) is 0.519. The van der Waals surface area contributed by atoms with Gasteiger partial charge in [0.2, 0.25) is 0 Å². The summed E-state index contributed by atoms with van der Waals surface area (Å²) in [7, 11) is 1.85. The van der Waals surface area contributed by atoms with Crippen molar-refractivity contribution in [1.82, 2.24) is 30.0 Å². The lowest BCUT2D eigenvalue weighted by molar-refractivity contribution is 0.0778. The van der Waals surface area contributed by atoms with Crippen LogP contribution in [-0.4, -0.2) is 50.1 Å². The van der Waals surface area contributed by atoms with Gasteiger partial charge in [0.1, 0.15) is 11.4 Å². The number of aromatic nitrogens is 5. The van der Waals surface area contributed by atoms with Crippen molar-refractivity contribution in [2.45, 2.75) is 18.9 Å². The Hall–Kier alpha value is -3.17. The number of fused-ring (bicyclic) bond motifs is 2. The highest BCUT2D eigenvalue weighted by Crippen LogP contribution is 2.30. The fourth-order valence-corrected chi connectivity index (χ4v) is 3.78. The highest BCUT2D eigenvalue weighted by atomic mass is 35.5. The van der Waals surface area contributed by atoms with E-state index < -0.39 is 6.09 Å². The van der Waals surface area contributed by atoms with Crippen LogP contribution in [0.5, 0.6) is 5.75 Å². The molecule has 0 unspecified atom stereocenters. The number of rotatable bonds is 3. The largest absolute Gasteiger partial charge is 0.412 e. The molecule has 0 spiro atoms. The summed E-state index contributed by atoms with van der Waals surface area (Å²) >= 11 is 6.11. The van der Waals surface area contributed by atoms with Gasteiger partial charge in [-0.25, -0.2) is 14.8 Å². The summed E-state index contributed by atoms with van der Waals surface area (Å²) in [5, 5.41) is 8.99. The predicted molar refractivity (Wildman–Crippen MR) is 112 cm³/mol. The molecule has 4 aromatic rings. The number of aryl methyl sites for hydroxylation is 1. The lowest BCUT2D eigenvalue weighted by Gasteiger charge is -2.22. The number of amides is 1. The summed E-state index contributed by atoms with van der Waals surface area (Å²) in [5.41, 5.74) is 3.13. The van der Waals surface area contributed by atoms with Crippen LogP contribution in [0.3, 0.4) is 0 Å². The molecule has 1 aliphatic heterocycles. The number of aromatic amines is 1. The lowest BCUT2D eigenvalue weighted by Crippen LogP contribution is -2.40. The Balaban J connectivity index is 1.45. The molecule has 0 saturated carbocycles. The average Bonchev–Trinajstić information content (AvgIpc) is 3.29. The van der Waals surface area contributed by atoms with Crippen molar-refractivity contribution in [2.75, 3.05) is 13.2 Å². The zero-order chi connectivity index (χ0) is 20.7. The van der Waals surface area contributed by atoms with Gasteiger partial charge in [0.05, 0.1) is 11.7 Å². The van der Waals surface area contributed by atoms with Crippen molar-refractivity contribution in [1.29, 1.82) is 0 Å². The molecular formula is C20H19ClN6O3. The van der Waals surface area contributed by atoms with Crippen LogP contribution in [-0.2, 0) is 11.8 Å². The number of hydrogen-bond donors (Lipinski definition) is 2. The van der Waals surface area contributed by atoms with E-state index in [1.807, 2.05) is 25.2 Å². The molecule has 5 rings (SSSR count). The maximum atomic E-state index is 12.3. The zero-order valence-corrected chi connectivity index (χ0v) is 16.9. The standard InChI is InChI=1S/C20H19ClN6O3/c1-27-15-8-11(21)2-3-13(15)17(26-27)14-9-22-19-18(25-14)16(10-23-19)30-20(28)24-12-4-6-29-7-5-12/h2-3,8-10,12H,4-7H2,1H3,(H,22,23)(H,24,28). The monoisotopic (exact) mass is 426 g/mol. The first kappa shape index (κ1) is 18.8. The molecule has 4 heterocycles.